The molecular formula is C18H19ClN2O2. The number of hydrogen-bond donors (Lipinski definition) is 1. The fourth-order valence-electron chi connectivity index (χ4n) is 2.50. The van der Waals surface area contributed by atoms with Gasteiger partial charge in [0.15, 0.2) is 5.78 Å². The first kappa shape index (κ1) is 17.0. The predicted molar refractivity (Wildman–Crippen MR) is 93.9 cm³/mol. The van der Waals surface area contributed by atoms with Gasteiger partial charge in [0, 0.05) is 17.7 Å². The normalized spacial score (nSPS) is 16.6. The highest BCUT2D eigenvalue weighted by atomic mass is 35.5. The van der Waals surface area contributed by atoms with E-state index in [0.29, 0.717) is 18.7 Å². The van der Waals surface area contributed by atoms with Crippen molar-refractivity contribution in [3.05, 3.63) is 65.7 Å². The highest BCUT2D eigenvalue weighted by Crippen LogP contribution is 2.17. The van der Waals surface area contributed by atoms with Gasteiger partial charge in [-0.1, -0.05) is 30.3 Å². The molecule has 0 aromatic heterocycles. The molecule has 3 rings (SSSR count). The van der Waals surface area contributed by atoms with E-state index in [9.17, 15) is 4.79 Å². The molecule has 0 bridgehead atoms. The number of nitrogens with zero attached hydrogens (tertiary/aromatic N) is 1. The zero-order valence-electron chi connectivity index (χ0n) is 12.9. The zero-order valence-corrected chi connectivity index (χ0v) is 13.7. The fraction of sp³-hybridized carbons (Fsp3) is 0.222. The van der Waals surface area contributed by atoms with Crippen LogP contribution in [0.5, 0.6) is 5.75 Å². The van der Waals surface area contributed by atoms with Crippen molar-refractivity contribution in [2.24, 2.45) is 10.9 Å². The van der Waals surface area contributed by atoms with E-state index < -0.39 is 0 Å². The second-order valence-corrected chi connectivity index (χ2v) is 5.23. The Labute approximate surface area is 142 Å². The molecule has 23 heavy (non-hydrogen) atoms. The SMILES string of the molecule is COc1ccc(C(=O)C2CN=C(c3ccccc3)NC2)cc1.Cl. The molecule has 1 unspecified atom stereocenters. The van der Waals surface area contributed by atoms with E-state index in [-0.39, 0.29) is 24.1 Å². The number of hydrogen-bond acceptors (Lipinski definition) is 4. The number of carbonyl (C=O) groups is 1. The smallest absolute Gasteiger partial charge is 0.169 e. The van der Waals surface area contributed by atoms with E-state index in [2.05, 4.69) is 10.3 Å². The Bertz CT molecular complexity index is 684. The number of Topliss-reactive ketones (excluding diaryl/α,β-unsaturated/α-hetero) is 1. The number of aliphatic imine (C=N–C) groups is 1. The molecule has 0 saturated carbocycles. The van der Waals surface area contributed by atoms with Crippen LogP contribution >= 0.6 is 12.4 Å². The topological polar surface area (TPSA) is 50.7 Å². The number of carbonyl (C=O) groups excluding carboxylic acids is 1. The van der Waals surface area contributed by atoms with E-state index in [1.165, 1.54) is 0 Å². The van der Waals surface area contributed by atoms with Crippen molar-refractivity contribution >= 4 is 24.0 Å². The molecule has 0 fully saturated rings. The number of rotatable bonds is 4. The minimum atomic E-state index is -0.124. The van der Waals surface area contributed by atoms with Crippen molar-refractivity contribution in [3.8, 4) is 5.75 Å². The van der Waals surface area contributed by atoms with Gasteiger partial charge < -0.3 is 10.1 Å². The average Bonchev–Trinajstić information content (AvgIpc) is 2.62. The van der Waals surface area contributed by atoms with Crippen molar-refractivity contribution in [3.63, 3.8) is 0 Å². The molecule has 120 valence electrons. The number of ether oxygens (including phenoxy) is 1. The second-order valence-electron chi connectivity index (χ2n) is 5.23. The van der Waals surface area contributed by atoms with Crippen LogP contribution in [-0.4, -0.2) is 31.8 Å². The lowest BCUT2D eigenvalue weighted by atomic mass is 9.96. The van der Waals surface area contributed by atoms with Gasteiger partial charge in [0.25, 0.3) is 0 Å². The lowest BCUT2D eigenvalue weighted by Gasteiger charge is -2.22. The van der Waals surface area contributed by atoms with Crippen LogP contribution in [0.4, 0.5) is 0 Å². The highest BCUT2D eigenvalue weighted by molar-refractivity contribution is 6.02. The largest absolute Gasteiger partial charge is 0.497 e. The van der Waals surface area contributed by atoms with Gasteiger partial charge in [-0.2, -0.15) is 0 Å². The number of nitrogens with one attached hydrogen (secondary N) is 1. The fourth-order valence-corrected chi connectivity index (χ4v) is 2.50. The summed E-state index contributed by atoms with van der Waals surface area (Å²) in [5.41, 5.74) is 1.75. The standard InChI is InChI=1S/C18H18N2O2.ClH/c1-22-16-9-7-13(8-10-16)17(21)15-11-19-18(20-12-15)14-5-3-2-4-6-14;/h2-10,15H,11-12H2,1H3,(H,19,20);1H. The third kappa shape index (κ3) is 3.90. The van der Waals surface area contributed by atoms with Crippen molar-refractivity contribution < 1.29 is 9.53 Å². The molecule has 1 heterocycles. The molecule has 0 radical (unpaired) electrons. The zero-order chi connectivity index (χ0) is 15.4. The number of methoxy groups -OCH3 is 1. The highest BCUT2D eigenvalue weighted by Gasteiger charge is 2.23. The van der Waals surface area contributed by atoms with E-state index >= 15 is 0 Å². The van der Waals surface area contributed by atoms with Crippen molar-refractivity contribution in [2.45, 2.75) is 0 Å². The molecule has 0 amide bonds. The van der Waals surface area contributed by atoms with Gasteiger partial charge in [-0.25, -0.2) is 0 Å². The molecule has 5 heteroatoms. The monoisotopic (exact) mass is 330 g/mol. The third-order valence-corrected chi connectivity index (χ3v) is 3.78. The van der Waals surface area contributed by atoms with Crippen LogP contribution in [0.3, 0.4) is 0 Å². The van der Waals surface area contributed by atoms with Crippen LogP contribution in [-0.2, 0) is 0 Å². The summed E-state index contributed by atoms with van der Waals surface area (Å²) in [5.74, 6) is 1.61. The maximum absolute atomic E-state index is 12.5. The summed E-state index contributed by atoms with van der Waals surface area (Å²) in [6.45, 7) is 1.13. The summed E-state index contributed by atoms with van der Waals surface area (Å²) in [5, 5.41) is 3.26. The molecule has 2 aromatic carbocycles. The molecule has 1 aliphatic heterocycles. The van der Waals surface area contributed by atoms with Crippen LogP contribution in [0, 0.1) is 5.92 Å². The summed E-state index contributed by atoms with van der Waals surface area (Å²) in [7, 11) is 1.61. The van der Waals surface area contributed by atoms with E-state index in [0.717, 1.165) is 17.1 Å². The van der Waals surface area contributed by atoms with Crippen LogP contribution < -0.4 is 10.1 Å². The van der Waals surface area contributed by atoms with Gasteiger partial charge in [0.2, 0.25) is 0 Å². The van der Waals surface area contributed by atoms with Gasteiger partial charge in [0.05, 0.1) is 19.6 Å². The number of ketones is 1. The van der Waals surface area contributed by atoms with E-state index in [1.807, 2.05) is 42.5 Å². The van der Waals surface area contributed by atoms with Crippen molar-refractivity contribution in [1.29, 1.82) is 0 Å². The maximum Gasteiger partial charge on any atom is 0.169 e. The first-order valence-corrected chi connectivity index (χ1v) is 7.30. The lowest BCUT2D eigenvalue weighted by molar-refractivity contribution is 0.0924. The van der Waals surface area contributed by atoms with Gasteiger partial charge in [-0.15, -0.1) is 12.4 Å². The summed E-state index contributed by atoms with van der Waals surface area (Å²) in [6.07, 6.45) is 0. The molecule has 1 aliphatic rings. The van der Waals surface area contributed by atoms with Crippen molar-refractivity contribution in [2.75, 3.05) is 20.2 Å². The average molecular weight is 331 g/mol. The third-order valence-electron chi connectivity index (χ3n) is 3.78. The van der Waals surface area contributed by atoms with Gasteiger partial charge in [-0.05, 0) is 24.3 Å². The first-order chi connectivity index (χ1) is 10.8. The van der Waals surface area contributed by atoms with Crippen LogP contribution in [0.1, 0.15) is 15.9 Å². The summed E-state index contributed by atoms with van der Waals surface area (Å²) in [6, 6.07) is 17.2. The summed E-state index contributed by atoms with van der Waals surface area (Å²) < 4.78 is 5.11. The number of benzene rings is 2. The first-order valence-electron chi connectivity index (χ1n) is 7.30. The number of amidine groups is 1. The van der Waals surface area contributed by atoms with E-state index in [4.69, 9.17) is 4.74 Å². The molecule has 1 atom stereocenters. The Hall–Kier alpha value is -2.33. The molecule has 4 nitrogen and oxygen atoms in total. The van der Waals surface area contributed by atoms with Crippen molar-refractivity contribution in [1.82, 2.24) is 5.32 Å². The molecular weight excluding hydrogens is 312 g/mol. The molecule has 1 N–H and O–H groups in total. The quantitative estimate of drug-likeness (QED) is 0.877. The Morgan fingerprint density at radius 3 is 2.39 bits per heavy atom. The Morgan fingerprint density at radius 1 is 1.13 bits per heavy atom. The summed E-state index contributed by atoms with van der Waals surface area (Å²) >= 11 is 0. The lowest BCUT2D eigenvalue weighted by Crippen LogP contribution is -2.39. The van der Waals surface area contributed by atoms with Crippen LogP contribution in [0.25, 0.3) is 0 Å². The Morgan fingerprint density at radius 2 is 1.83 bits per heavy atom. The molecule has 0 aliphatic carbocycles. The Balaban J connectivity index is 0.00000192. The Kier molecular flexibility index (Phi) is 5.77. The van der Waals surface area contributed by atoms with Crippen LogP contribution in [0.15, 0.2) is 59.6 Å². The van der Waals surface area contributed by atoms with Crippen LogP contribution in [0.2, 0.25) is 0 Å². The molecule has 2 aromatic rings. The van der Waals surface area contributed by atoms with Gasteiger partial charge in [-0.3, -0.25) is 9.79 Å². The minimum absolute atomic E-state index is 0. The summed E-state index contributed by atoms with van der Waals surface area (Å²) in [4.78, 5) is 17.0. The predicted octanol–water partition coefficient (Wildman–Crippen LogP) is 2.97. The van der Waals surface area contributed by atoms with E-state index in [1.54, 1.807) is 19.2 Å². The molecule has 0 spiro atoms. The number of halogens is 1. The molecule has 0 saturated heterocycles. The second kappa shape index (κ2) is 7.79. The van der Waals surface area contributed by atoms with Gasteiger partial charge >= 0.3 is 0 Å². The maximum atomic E-state index is 12.5. The minimum Gasteiger partial charge on any atom is -0.497 e. The van der Waals surface area contributed by atoms with Gasteiger partial charge in [0.1, 0.15) is 11.6 Å².